The van der Waals surface area contributed by atoms with E-state index in [9.17, 15) is 23.6 Å². The normalized spacial score (nSPS) is 16.2. The predicted molar refractivity (Wildman–Crippen MR) is 129 cm³/mol. The van der Waals surface area contributed by atoms with E-state index in [1.807, 2.05) is 18.7 Å². The van der Waals surface area contributed by atoms with E-state index in [-0.39, 0.29) is 29.3 Å². The SMILES string of the molecule is C[C@@H](C(=O)Nc1cnc(Oc2ccc(F)cc2F)cn1)N1CCN(C(=O)c2cc[n+]([O-])cc2)C(C)(C)C1. The minimum atomic E-state index is -0.878. The van der Waals surface area contributed by atoms with Crippen LogP contribution >= 0.6 is 0 Å². The van der Waals surface area contributed by atoms with Crippen LogP contribution < -0.4 is 14.8 Å². The van der Waals surface area contributed by atoms with Gasteiger partial charge in [0.2, 0.25) is 11.8 Å². The predicted octanol–water partition coefficient (Wildman–Crippen LogP) is 2.74. The summed E-state index contributed by atoms with van der Waals surface area (Å²) in [5.74, 6) is -2.15. The van der Waals surface area contributed by atoms with Crippen molar-refractivity contribution in [3.8, 4) is 11.6 Å². The molecule has 3 heterocycles. The zero-order chi connectivity index (χ0) is 26.7. The second-order valence-electron chi connectivity index (χ2n) is 9.27. The first-order valence-electron chi connectivity index (χ1n) is 11.5. The Morgan fingerprint density at radius 3 is 2.49 bits per heavy atom. The molecular formula is C25H26F2N6O4. The van der Waals surface area contributed by atoms with Crippen molar-refractivity contribution in [1.29, 1.82) is 0 Å². The van der Waals surface area contributed by atoms with Gasteiger partial charge in [-0.15, -0.1) is 0 Å². The third-order valence-corrected chi connectivity index (χ3v) is 6.14. The molecule has 3 aromatic rings. The Morgan fingerprint density at radius 2 is 1.86 bits per heavy atom. The molecule has 0 bridgehead atoms. The number of piperazine rings is 1. The van der Waals surface area contributed by atoms with Gasteiger partial charge in [0.05, 0.1) is 29.5 Å². The number of hydrogen-bond donors (Lipinski definition) is 1. The van der Waals surface area contributed by atoms with Crippen molar-refractivity contribution in [2.75, 3.05) is 25.0 Å². The summed E-state index contributed by atoms with van der Waals surface area (Å²) >= 11 is 0. The number of hydrogen-bond acceptors (Lipinski definition) is 7. The van der Waals surface area contributed by atoms with Gasteiger partial charge in [-0.1, -0.05) is 0 Å². The number of ether oxygens (including phenoxy) is 1. The summed E-state index contributed by atoms with van der Waals surface area (Å²) < 4.78 is 32.7. The van der Waals surface area contributed by atoms with Gasteiger partial charge in [-0.05, 0) is 32.9 Å². The highest BCUT2D eigenvalue weighted by Gasteiger charge is 2.39. The molecule has 10 nitrogen and oxygen atoms in total. The van der Waals surface area contributed by atoms with Crippen molar-refractivity contribution >= 4 is 17.6 Å². The largest absolute Gasteiger partial charge is 0.619 e. The number of rotatable bonds is 6. The van der Waals surface area contributed by atoms with Crippen LogP contribution in [0.15, 0.2) is 55.1 Å². The Labute approximate surface area is 212 Å². The molecule has 1 N–H and O–H groups in total. The zero-order valence-electron chi connectivity index (χ0n) is 20.5. The summed E-state index contributed by atoms with van der Waals surface area (Å²) in [5, 5.41) is 14.0. The lowest BCUT2D eigenvalue weighted by atomic mass is 9.96. The summed E-state index contributed by atoms with van der Waals surface area (Å²) in [6.45, 7) is 6.93. The molecule has 0 radical (unpaired) electrons. The molecule has 1 aliphatic heterocycles. The van der Waals surface area contributed by atoms with Crippen LogP contribution in [0.1, 0.15) is 31.1 Å². The maximum atomic E-state index is 13.8. The Morgan fingerprint density at radius 1 is 1.14 bits per heavy atom. The highest BCUT2D eigenvalue weighted by molar-refractivity contribution is 5.95. The molecular weight excluding hydrogens is 486 g/mol. The van der Waals surface area contributed by atoms with Crippen LogP contribution in [-0.2, 0) is 4.79 Å². The monoisotopic (exact) mass is 512 g/mol. The van der Waals surface area contributed by atoms with Gasteiger partial charge in [-0.25, -0.2) is 18.7 Å². The van der Waals surface area contributed by atoms with Crippen LogP contribution in [0.25, 0.3) is 0 Å². The van der Waals surface area contributed by atoms with Crippen molar-refractivity contribution in [2.24, 2.45) is 0 Å². The number of amides is 2. The fraction of sp³-hybridized carbons (Fsp3) is 0.320. The third kappa shape index (κ3) is 5.97. The molecule has 1 fully saturated rings. The van der Waals surface area contributed by atoms with Crippen LogP contribution in [0.2, 0.25) is 0 Å². The first-order chi connectivity index (χ1) is 17.5. The number of anilines is 1. The molecule has 2 aromatic heterocycles. The molecule has 1 saturated heterocycles. The van der Waals surface area contributed by atoms with Crippen molar-refractivity contribution in [2.45, 2.75) is 32.4 Å². The van der Waals surface area contributed by atoms with E-state index in [2.05, 4.69) is 15.3 Å². The standard InChI is InChI=1S/C25H26F2N6O4/c1-16(31-10-11-33(25(2,3)15-31)24(35)17-6-8-32(36)9-7-17)23(34)30-21-13-29-22(14-28-21)37-20-5-4-18(26)12-19(20)27/h4-9,12-14,16H,10-11,15H2,1-3H3,(H,28,30,34)/t16-/m0/s1. The van der Waals surface area contributed by atoms with Gasteiger partial charge in [0.1, 0.15) is 5.82 Å². The van der Waals surface area contributed by atoms with E-state index < -0.39 is 23.2 Å². The molecule has 194 valence electrons. The highest BCUT2D eigenvalue weighted by Crippen LogP contribution is 2.26. The van der Waals surface area contributed by atoms with Crippen molar-refractivity contribution < 1.29 is 27.8 Å². The Balaban J connectivity index is 1.35. The molecule has 37 heavy (non-hydrogen) atoms. The lowest BCUT2D eigenvalue weighted by Gasteiger charge is -2.48. The summed E-state index contributed by atoms with van der Waals surface area (Å²) in [5.41, 5.74) is -0.144. The minimum Gasteiger partial charge on any atom is -0.619 e. The molecule has 1 atom stereocenters. The summed E-state index contributed by atoms with van der Waals surface area (Å²) in [6, 6.07) is 5.34. The molecule has 0 spiro atoms. The first kappa shape index (κ1) is 25.9. The van der Waals surface area contributed by atoms with E-state index in [1.165, 1.54) is 36.9 Å². The lowest BCUT2D eigenvalue weighted by Crippen LogP contribution is -2.63. The smallest absolute Gasteiger partial charge is 0.254 e. The van der Waals surface area contributed by atoms with Crippen molar-refractivity contribution in [3.63, 3.8) is 0 Å². The van der Waals surface area contributed by atoms with E-state index in [0.717, 1.165) is 12.1 Å². The topological polar surface area (TPSA) is 115 Å². The van der Waals surface area contributed by atoms with Crippen LogP contribution in [0, 0.1) is 16.8 Å². The first-order valence-corrected chi connectivity index (χ1v) is 11.5. The van der Waals surface area contributed by atoms with Crippen molar-refractivity contribution in [3.05, 3.63) is 77.5 Å². The van der Waals surface area contributed by atoms with Gasteiger partial charge in [-0.3, -0.25) is 14.5 Å². The molecule has 12 heteroatoms. The molecule has 0 saturated carbocycles. The van der Waals surface area contributed by atoms with Gasteiger partial charge in [0.25, 0.3) is 5.91 Å². The molecule has 1 aromatic carbocycles. The number of aromatic nitrogens is 3. The van der Waals surface area contributed by atoms with Crippen LogP contribution in [0.3, 0.4) is 0 Å². The zero-order valence-corrected chi connectivity index (χ0v) is 20.5. The number of nitrogens with one attached hydrogen (secondary N) is 1. The van der Waals surface area contributed by atoms with E-state index >= 15 is 0 Å². The molecule has 4 rings (SSSR count). The van der Waals surface area contributed by atoms with E-state index in [4.69, 9.17) is 4.74 Å². The van der Waals surface area contributed by atoms with Gasteiger partial charge in [-0.2, -0.15) is 4.73 Å². The Bertz CT molecular complexity index is 1290. The quantitative estimate of drug-likeness (QED) is 0.399. The molecule has 0 unspecified atom stereocenters. The minimum absolute atomic E-state index is 0.0254. The fourth-order valence-corrected chi connectivity index (χ4v) is 4.11. The molecule has 0 aliphatic carbocycles. The number of nitrogens with zero attached hydrogens (tertiary/aromatic N) is 5. The van der Waals surface area contributed by atoms with E-state index in [1.54, 1.807) is 11.8 Å². The second-order valence-corrected chi connectivity index (χ2v) is 9.27. The average molecular weight is 513 g/mol. The van der Waals surface area contributed by atoms with Crippen LogP contribution in [0.4, 0.5) is 14.6 Å². The summed E-state index contributed by atoms with van der Waals surface area (Å²) in [6.07, 6.45) is 5.05. The number of pyridine rings is 1. The van der Waals surface area contributed by atoms with Crippen LogP contribution in [-0.4, -0.2) is 62.8 Å². The number of benzene rings is 1. The van der Waals surface area contributed by atoms with Gasteiger partial charge >= 0.3 is 0 Å². The fourth-order valence-electron chi connectivity index (χ4n) is 4.11. The number of carbonyl (C=O) groups excluding carboxylic acids is 2. The van der Waals surface area contributed by atoms with Gasteiger partial charge in [0.15, 0.2) is 29.8 Å². The van der Waals surface area contributed by atoms with Gasteiger partial charge in [0, 0.05) is 37.8 Å². The van der Waals surface area contributed by atoms with E-state index in [0.29, 0.717) is 36.0 Å². The maximum absolute atomic E-state index is 13.8. The second kappa shape index (κ2) is 10.4. The number of carbonyl (C=O) groups is 2. The van der Waals surface area contributed by atoms with Gasteiger partial charge < -0.3 is 20.2 Å². The number of halogens is 2. The summed E-state index contributed by atoms with van der Waals surface area (Å²) in [7, 11) is 0. The Hall–Kier alpha value is -4.19. The average Bonchev–Trinajstić information content (AvgIpc) is 2.86. The maximum Gasteiger partial charge on any atom is 0.254 e. The van der Waals surface area contributed by atoms with Crippen molar-refractivity contribution in [1.82, 2.24) is 19.8 Å². The molecule has 2 amide bonds. The Kier molecular flexibility index (Phi) is 7.30. The molecule has 1 aliphatic rings. The summed E-state index contributed by atoms with van der Waals surface area (Å²) in [4.78, 5) is 37.7. The van der Waals surface area contributed by atoms with Crippen LogP contribution in [0.5, 0.6) is 11.6 Å². The highest BCUT2D eigenvalue weighted by atomic mass is 19.1. The third-order valence-electron chi connectivity index (χ3n) is 6.14. The lowest BCUT2D eigenvalue weighted by molar-refractivity contribution is -0.605.